The highest BCUT2D eigenvalue weighted by Gasteiger charge is 2.02. The minimum atomic E-state index is 0.605. The quantitative estimate of drug-likeness (QED) is 0.715. The van der Waals surface area contributed by atoms with E-state index in [1.807, 2.05) is 25.1 Å². The van der Waals surface area contributed by atoms with Crippen LogP contribution in [0.4, 0.5) is 0 Å². The van der Waals surface area contributed by atoms with E-state index in [1.54, 1.807) is 0 Å². The summed E-state index contributed by atoms with van der Waals surface area (Å²) in [4.78, 5) is 4.23. The van der Waals surface area contributed by atoms with Crippen LogP contribution >= 0.6 is 0 Å². The van der Waals surface area contributed by atoms with Crippen LogP contribution < -0.4 is 0 Å². The monoisotopic (exact) mass is 200 g/mol. The van der Waals surface area contributed by atoms with E-state index in [9.17, 15) is 0 Å². The molecule has 0 N–H and O–H groups in total. The molecule has 76 valence electrons. The van der Waals surface area contributed by atoms with Crippen LogP contribution in [0.3, 0.4) is 0 Å². The third-order valence-electron chi connectivity index (χ3n) is 2.31. The summed E-state index contributed by atoms with van der Waals surface area (Å²) in [5, 5.41) is 8.44. The topological polar surface area (TPSA) is 49.8 Å². The maximum absolute atomic E-state index is 8.44. The zero-order chi connectivity index (χ0) is 10.7. The van der Waals surface area contributed by atoms with E-state index in [-0.39, 0.29) is 0 Å². The third kappa shape index (κ3) is 2.16. The molecule has 0 fully saturated rings. The molecule has 1 aromatic heterocycles. The normalized spacial score (nSPS) is 10.4. The number of fused-ring (bicyclic) bond motifs is 1. The molecule has 1 heterocycles. The molecule has 0 unspecified atom stereocenters. The summed E-state index contributed by atoms with van der Waals surface area (Å²) in [6.07, 6.45) is 2.42. The molecule has 0 aliphatic carbocycles. The Morgan fingerprint density at radius 1 is 1.47 bits per heavy atom. The second-order valence-electron chi connectivity index (χ2n) is 3.55. The van der Waals surface area contributed by atoms with E-state index in [2.05, 4.69) is 11.1 Å². The Bertz CT molecular complexity index is 508. The highest BCUT2D eigenvalue weighted by atomic mass is 16.3. The molecule has 0 saturated carbocycles. The Hall–Kier alpha value is -1.82. The number of unbranched alkanes of at least 4 members (excludes halogenated alkanes) is 1. The minimum absolute atomic E-state index is 0.605. The molecule has 3 nitrogen and oxygen atoms in total. The van der Waals surface area contributed by atoms with Gasteiger partial charge in [0.15, 0.2) is 11.5 Å². The maximum atomic E-state index is 8.44. The Balaban J connectivity index is 2.19. The number of hydrogen-bond donors (Lipinski definition) is 0. The Morgan fingerprint density at radius 2 is 2.33 bits per heavy atom. The van der Waals surface area contributed by atoms with Crippen LogP contribution in [0.15, 0.2) is 22.6 Å². The fraction of sp³-hybridized carbons (Fsp3) is 0.333. The third-order valence-corrected chi connectivity index (χ3v) is 2.31. The van der Waals surface area contributed by atoms with E-state index in [0.29, 0.717) is 12.3 Å². The molecule has 0 aliphatic rings. The lowest BCUT2D eigenvalue weighted by molar-refractivity contribution is 0.560. The van der Waals surface area contributed by atoms with Gasteiger partial charge in [-0.2, -0.15) is 5.26 Å². The van der Waals surface area contributed by atoms with Gasteiger partial charge in [-0.25, -0.2) is 4.98 Å². The summed E-state index contributed by atoms with van der Waals surface area (Å²) in [5.41, 5.74) is 2.94. The standard InChI is InChI=1S/C12H12N2O/c1-9-14-11-6-5-10(4-2-3-7-13)8-12(11)15-9/h5-6,8H,2-4H2,1H3. The van der Waals surface area contributed by atoms with Crippen LogP contribution in [0.2, 0.25) is 0 Å². The summed E-state index contributed by atoms with van der Waals surface area (Å²) in [5.74, 6) is 0.694. The van der Waals surface area contributed by atoms with E-state index in [1.165, 1.54) is 5.56 Å². The Kier molecular flexibility index (Phi) is 2.68. The minimum Gasteiger partial charge on any atom is -0.441 e. The number of nitrogens with zero attached hydrogens (tertiary/aromatic N) is 2. The first-order valence-corrected chi connectivity index (χ1v) is 5.02. The van der Waals surface area contributed by atoms with Gasteiger partial charge in [0.25, 0.3) is 0 Å². The SMILES string of the molecule is Cc1nc2ccc(CCCC#N)cc2o1. The molecule has 2 rings (SSSR count). The van der Waals surface area contributed by atoms with Gasteiger partial charge in [-0.3, -0.25) is 0 Å². The number of aromatic nitrogens is 1. The molecule has 0 amide bonds. The first kappa shape index (κ1) is 9.72. The molecule has 15 heavy (non-hydrogen) atoms. The van der Waals surface area contributed by atoms with Gasteiger partial charge in [-0.15, -0.1) is 0 Å². The van der Waals surface area contributed by atoms with Gasteiger partial charge >= 0.3 is 0 Å². The van der Waals surface area contributed by atoms with Crippen molar-refractivity contribution in [1.29, 1.82) is 5.26 Å². The van der Waals surface area contributed by atoms with Gasteiger partial charge in [-0.1, -0.05) is 6.07 Å². The van der Waals surface area contributed by atoms with Crippen LogP contribution in [-0.2, 0) is 6.42 Å². The van der Waals surface area contributed by atoms with Crippen molar-refractivity contribution in [2.24, 2.45) is 0 Å². The van der Waals surface area contributed by atoms with Gasteiger partial charge in [0.2, 0.25) is 0 Å². The van der Waals surface area contributed by atoms with Gasteiger partial charge in [0, 0.05) is 13.3 Å². The first-order chi connectivity index (χ1) is 7.29. The smallest absolute Gasteiger partial charge is 0.192 e. The van der Waals surface area contributed by atoms with Gasteiger partial charge < -0.3 is 4.42 Å². The molecule has 0 bridgehead atoms. The summed E-state index contributed by atoms with van der Waals surface area (Å²) in [6, 6.07) is 8.16. The van der Waals surface area contributed by atoms with Crippen LogP contribution in [0.1, 0.15) is 24.3 Å². The van der Waals surface area contributed by atoms with Crippen molar-refractivity contribution in [1.82, 2.24) is 4.98 Å². The predicted octanol–water partition coefficient (Wildman–Crippen LogP) is 2.98. The predicted molar refractivity (Wildman–Crippen MR) is 57.3 cm³/mol. The molecule has 0 atom stereocenters. The molecular weight excluding hydrogens is 188 g/mol. The Labute approximate surface area is 88.3 Å². The number of rotatable bonds is 3. The number of oxazole rings is 1. The number of hydrogen-bond acceptors (Lipinski definition) is 3. The molecule has 1 aromatic carbocycles. The number of benzene rings is 1. The van der Waals surface area contributed by atoms with Crippen molar-refractivity contribution >= 4 is 11.1 Å². The van der Waals surface area contributed by atoms with Gasteiger partial charge in [0.05, 0.1) is 6.07 Å². The molecule has 3 heteroatoms. The highest BCUT2D eigenvalue weighted by molar-refractivity contribution is 5.73. The lowest BCUT2D eigenvalue weighted by atomic mass is 10.1. The molecular formula is C12H12N2O. The number of nitriles is 1. The van der Waals surface area contributed by atoms with Crippen LogP contribution in [0.5, 0.6) is 0 Å². The van der Waals surface area contributed by atoms with Crippen molar-refractivity contribution in [3.63, 3.8) is 0 Å². The van der Waals surface area contributed by atoms with Gasteiger partial charge in [-0.05, 0) is 30.5 Å². The molecule has 2 aromatic rings. The van der Waals surface area contributed by atoms with Crippen molar-refractivity contribution in [3.05, 3.63) is 29.7 Å². The molecule has 0 aliphatic heterocycles. The van der Waals surface area contributed by atoms with Crippen molar-refractivity contribution < 1.29 is 4.42 Å². The molecule has 0 spiro atoms. The number of aryl methyl sites for hydroxylation is 2. The fourth-order valence-electron chi connectivity index (χ4n) is 1.61. The molecule has 0 radical (unpaired) electrons. The zero-order valence-corrected chi connectivity index (χ0v) is 8.66. The Morgan fingerprint density at radius 3 is 3.13 bits per heavy atom. The van der Waals surface area contributed by atoms with E-state index in [0.717, 1.165) is 23.9 Å². The summed E-state index contributed by atoms with van der Waals surface area (Å²) < 4.78 is 5.44. The lowest BCUT2D eigenvalue weighted by Crippen LogP contribution is -1.84. The fourth-order valence-corrected chi connectivity index (χ4v) is 1.61. The summed E-state index contributed by atoms with van der Waals surface area (Å²) in [6.45, 7) is 1.84. The van der Waals surface area contributed by atoms with Crippen LogP contribution in [0.25, 0.3) is 11.1 Å². The van der Waals surface area contributed by atoms with Gasteiger partial charge in [0.1, 0.15) is 5.52 Å². The second-order valence-corrected chi connectivity index (χ2v) is 3.55. The van der Waals surface area contributed by atoms with E-state index >= 15 is 0 Å². The summed E-state index contributed by atoms with van der Waals surface area (Å²) >= 11 is 0. The molecule has 0 saturated heterocycles. The largest absolute Gasteiger partial charge is 0.441 e. The maximum Gasteiger partial charge on any atom is 0.192 e. The van der Waals surface area contributed by atoms with Crippen molar-refractivity contribution in [2.45, 2.75) is 26.2 Å². The zero-order valence-electron chi connectivity index (χ0n) is 8.66. The average molecular weight is 200 g/mol. The lowest BCUT2D eigenvalue weighted by Gasteiger charge is -1.97. The highest BCUT2D eigenvalue weighted by Crippen LogP contribution is 2.17. The summed E-state index contributed by atoms with van der Waals surface area (Å²) in [7, 11) is 0. The van der Waals surface area contributed by atoms with Crippen LogP contribution in [-0.4, -0.2) is 4.98 Å². The van der Waals surface area contributed by atoms with E-state index in [4.69, 9.17) is 9.68 Å². The average Bonchev–Trinajstić information content (AvgIpc) is 2.57. The van der Waals surface area contributed by atoms with Crippen LogP contribution in [0, 0.1) is 18.3 Å². The first-order valence-electron chi connectivity index (χ1n) is 5.02. The van der Waals surface area contributed by atoms with E-state index < -0.39 is 0 Å². The second kappa shape index (κ2) is 4.14. The van der Waals surface area contributed by atoms with Crippen molar-refractivity contribution in [3.8, 4) is 6.07 Å². The van der Waals surface area contributed by atoms with Crippen molar-refractivity contribution in [2.75, 3.05) is 0 Å².